The van der Waals surface area contributed by atoms with Gasteiger partial charge in [0.15, 0.2) is 0 Å². The molecule has 0 bridgehead atoms. The summed E-state index contributed by atoms with van der Waals surface area (Å²) in [6.45, 7) is 10.1. The first-order valence-electron chi connectivity index (χ1n) is 9.52. The quantitative estimate of drug-likeness (QED) is 0.872. The number of nitrogens with one attached hydrogen (secondary N) is 1. The molecule has 0 radical (unpaired) electrons. The number of halogens is 1. The van der Waals surface area contributed by atoms with E-state index in [1.54, 1.807) is 0 Å². The number of hydrogen-bond donors (Lipinski definition) is 1. The standard InChI is InChI=1S/C22H28FN3O/c1-16-5-4-6-21(17(16)2)24-22(27)15-25-11-13-26(14-12-25)18(3)19-7-9-20(23)10-8-19/h4-10,18H,11-15H2,1-3H3,(H,24,27)/t18-/m1/s1. The monoisotopic (exact) mass is 369 g/mol. The minimum atomic E-state index is -0.203. The molecule has 0 spiro atoms. The lowest BCUT2D eigenvalue weighted by atomic mass is 10.1. The molecule has 1 aliphatic heterocycles. The van der Waals surface area contributed by atoms with E-state index in [2.05, 4.69) is 22.0 Å². The molecule has 1 atom stereocenters. The molecular formula is C22H28FN3O. The summed E-state index contributed by atoms with van der Waals surface area (Å²) < 4.78 is 13.1. The van der Waals surface area contributed by atoms with E-state index in [9.17, 15) is 9.18 Å². The fourth-order valence-corrected chi connectivity index (χ4v) is 3.54. The molecule has 0 saturated carbocycles. The van der Waals surface area contributed by atoms with Crippen LogP contribution in [0.5, 0.6) is 0 Å². The normalized spacial score (nSPS) is 16.9. The number of hydrogen-bond acceptors (Lipinski definition) is 3. The summed E-state index contributed by atoms with van der Waals surface area (Å²) in [6, 6.07) is 12.9. The van der Waals surface area contributed by atoms with E-state index in [0.717, 1.165) is 43.0 Å². The maximum atomic E-state index is 13.1. The molecule has 1 aliphatic rings. The van der Waals surface area contributed by atoms with Crippen molar-refractivity contribution in [1.82, 2.24) is 9.80 Å². The van der Waals surface area contributed by atoms with E-state index in [-0.39, 0.29) is 17.8 Å². The van der Waals surface area contributed by atoms with Crippen LogP contribution in [0.15, 0.2) is 42.5 Å². The summed E-state index contributed by atoms with van der Waals surface area (Å²) in [6.07, 6.45) is 0. The number of benzene rings is 2. The molecule has 0 aromatic heterocycles. The Kier molecular flexibility index (Phi) is 6.24. The van der Waals surface area contributed by atoms with Gasteiger partial charge in [0.1, 0.15) is 5.82 Å². The topological polar surface area (TPSA) is 35.6 Å². The van der Waals surface area contributed by atoms with Crippen molar-refractivity contribution >= 4 is 11.6 Å². The highest BCUT2D eigenvalue weighted by atomic mass is 19.1. The average molecular weight is 369 g/mol. The molecule has 2 aromatic carbocycles. The minimum Gasteiger partial charge on any atom is -0.325 e. The average Bonchev–Trinajstić information content (AvgIpc) is 2.66. The molecule has 1 N–H and O–H groups in total. The van der Waals surface area contributed by atoms with Crippen molar-refractivity contribution < 1.29 is 9.18 Å². The highest BCUT2D eigenvalue weighted by molar-refractivity contribution is 5.93. The van der Waals surface area contributed by atoms with E-state index in [4.69, 9.17) is 0 Å². The van der Waals surface area contributed by atoms with Gasteiger partial charge in [0.05, 0.1) is 6.54 Å². The van der Waals surface area contributed by atoms with Crippen molar-refractivity contribution in [3.05, 3.63) is 65.0 Å². The maximum absolute atomic E-state index is 13.1. The zero-order valence-corrected chi connectivity index (χ0v) is 16.3. The SMILES string of the molecule is Cc1cccc(NC(=O)CN2CCN([C@H](C)c3ccc(F)cc3)CC2)c1C. The molecule has 5 heteroatoms. The summed E-state index contributed by atoms with van der Waals surface area (Å²) in [7, 11) is 0. The lowest BCUT2D eigenvalue weighted by Crippen LogP contribution is -2.49. The first-order chi connectivity index (χ1) is 12.9. The lowest BCUT2D eigenvalue weighted by molar-refractivity contribution is -0.117. The summed E-state index contributed by atoms with van der Waals surface area (Å²) in [5.74, 6) is -0.172. The van der Waals surface area contributed by atoms with Crippen LogP contribution in [0.4, 0.5) is 10.1 Å². The summed E-state index contributed by atoms with van der Waals surface area (Å²) in [5.41, 5.74) is 4.31. The molecule has 0 aliphatic carbocycles. The van der Waals surface area contributed by atoms with E-state index >= 15 is 0 Å². The number of aryl methyl sites for hydroxylation is 1. The van der Waals surface area contributed by atoms with Crippen molar-refractivity contribution in [3.63, 3.8) is 0 Å². The van der Waals surface area contributed by atoms with Gasteiger partial charge >= 0.3 is 0 Å². The Morgan fingerprint density at radius 3 is 2.41 bits per heavy atom. The Morgan fingerprint density at radius 1 is 1.07 bits per heavy atom. The second kappa shape index (κ2) is 8.63. The first-order valence-corrected chi connectivity index (χ1v) is 9.52. The number of anilines is 1. The predicted molar refractivity (Wildman–Crippen MR) is 107 cm³/mol. The largest absolute Gasteiger partial charge is 0.325 e. The number of nitrogens with zero attached hydrogens (tertiary/aromatic N) is 2. The van der Waals surface area contributed by atoms with Gasteiger partial charge in [-0.25, -0.2) is 4.39 Å². The van der Waals surface area contributed by atoms with Gasteiger partial charge in [0, 0.05) is 37.9 Å². The molecule has 0 unspecified atom stereocenters. The van der Waals surface area contributed by atoms with Crippen LogP contribution >= 0.6 is 0 Å². The van der Waals surface area contributed by atoms with Crippen molar-refractivity contribution in [2.24, 2.45) is 0 Å². The molecule has 2 aromatic rings. The van der Waals surface area contributed by atoms with Gasteiger partial charge in [0.25, 0.3) is 0 Å². The van der Waals surface area contributed by atoms with Gasteiger partial charge in [-0.3, -0.25) is 14.6 Å². The number of carbonyl (C=O) groups is 1. The minimum absolute atomic E-state index is 0.0312. The van der Waals surface area contributed by atoms with Crippen LogP contribution in [0.25, 0.3) is 0 Å². The zero-order chi connectivity index (χ0) is 19.4. The third-order valence-corrected chi connectivity index (χ3v) is 5.55. The van der Waals surface area contributed by atoms with Crippen molar-refractivity contribution in [2.45, 2.75) is 26.8 Å². The Hall–Kier alpha value is -2.24. The second-order valence-electron chi connectivity index (χ2n) is 7.34. The van der Waals surface area contributed by atoms with Gasteiger partial charge < -0.3 is 5.32 Å². The molecule has 1 fully saturated rings. The number of piperazine rings is 1. The third-order valence-electron chi connectivity index (χ3n) is 5.55. The molecule has 3 rings (SSSR count). The highest BCUT2D eigenvalue weighted by Crippen LogP contribution is 2.22. The highest BCUT2D eigenvalue weighted by Gasteiger charge is 2.23. The Bertz CT molecular complexity index is 783. The maximum Gasteiger partial charge on any atom is 0.238 e. The first kappa shape index (κ1) is 19.5. The fraction of sp³-hybridized carbons (Fsp3) is 0.409. The summed E-state index contributed by atoms with van der Waals surface area (Å²) in [4.78, 5) is 17.0. The number of carbonyl (C=O) groups excluding carboxylic acids is 1. The molecule has 1 saturated heterocycles. The van der Waals surface area contributed by atoms with Gasteiger partial charge in [-0.2, -0.15) is 0 Å². The van der Waals surface area contributed by atoms with Crippen molar-refractivity contribution in [3.8, 4) is 0 Å². The smallest absolute Gasteiger partial charge is 0.238 e. The van der Waals surface area contributed by atoms with Crippen LogP contribution < -0.4 is 5.32 Å². The molecule has 1 heterocycles. The van der Waals surface area contributed by atoms with Gasteiger partial charge in [-0.1, -0.05) is 24.3 Å². The van der Waals surface area contributed by atoms with Gasteiger partial charge in [0.2, 0.25) is 5.91 Å². The summed E-state index contributed by atoms with van der Waals surface area (Å²) in [5, 5.41) is 3.03. The van der Waals surface area contributed by atoms with Crippen molar-refractivity contribution in [1.29, 1.82) is 0 Å². The Labute approximate surface area is 161 Å². The van der Waals surface area contributed by atoms with Crippen LogP contribution in [0.1, 0.15) is 29.7 Å². The molecule has 144 valence electrons. The number of rotatable bonds is 5. The lowest BCUT2D eigenvalue weighted by Gasteiger charge is -2.38. The molecule has 4 nitrogen and oxygen atoms in total. The van der Waals surface area contributed by atoms with E-state index in [1.807, 2.05) is 44.2 Å². The van der Waals surface area contributed by atoms with Crippen LogP contribution in [-0.4, -0.2) is 48.4 Å². The van der Waals surface area contributed by atoms with Crippen LogP contribution in [-0.2, 0) is 4.79 Å². The zero-order valence-electron chi connectivity index (χ0n) is 16.3. The van der Waals surface area contributed by atoms with Crippen LogP contribution in [0.3, 0.4) is 0 Å². The van der Waals surface area contributed by atoms with E-state index < -0.39 is 0 Å². The van der Waals surface area contributed by atoms with Gasteiger partial charge in [-0.15, -0.1) is 0 Å². The summed E-state index contributed by atoms with van der Waals surface area (Å²) >= 11 is 0. The van der Waals surface area contributed by atoms with E-state index in [1.165, 1.54) is 17.7 Å². The third kappa shape index (κ3) is 4.93. The van der Waals surface area contributed by atoms with Crippen molar-refractivity contribution in [2.75, 3.05) is 38.0 Å². The predicted octanol–water partition coefficient (Wildman–Crippen LogP) is 3.76. The Morgan fingerprint density at radius 2 is 1.74 bits per heavy atom. The van der Waals surface area contributed by atoms with Crippen LogP contribution in [0, 0.1) is 19.7 Å². The second-order valence-corrected chi connectivity index (χ2v) is 7.34. The number of amides is 1. The van der Waals surface area contributed by atoms with E-state index in [0.29, 0.717) is 6.54 Å². The molecular weight excluding hydrogens is 341 g/mol. The fourth-order valence-electron chi connectivity index (χ4n) is 3.54. The molecule has 1 amide bonds. The van der Waals surface area contributed by atoms with Gasteiger partial charge in [-0.05, 0) is 55.7 Å². The van der Waals surface area contributed by atoms with Crippen LogP contribution in [0.2, 0.25) is 0 Å². The molecule has 27 heavy (non-hydrogen) atoms. The Balaban J connectivity index is 1.49.